The van der Waals surface area contributed by atoms with Crippen LogP contribution in [0.25, 0.3) is 11.4 Å². The van der Waals surface area contributed by atoms with Crippen LogP contribution in [0.5, 0.6) is 5.75 Å². The number of ketones is 2. The molecule has 0 atom stereocenters. The summed E-state index contributed by atoms with van der Waals surface area (Å²) in [6.07, 6.45) is 7.04. The van der Waals surface area contributed by atoms with Gasteiger partial charge < -0.3 is 31.6 Å². The highest BCUT2D eigenvalue weighted by molar-refractivity contribution is 6.12. The van der Waals surface area contributed by atoms with Crippen LogP contribution in [0.2, 0.25) is 0 Å². The van der Waals surface area contributed by atoms with E-state index >= 15 is 0 Å². The van der Waals surface area contributed by atoms with Crippen molar-refractivity contribution >= 4 is 35.0 Å². The van der Waals surface area contributed by atoms with Crippen LogP contribution >= 0.6 is 0 Å². The van der Waals surface area contributed by atoms with E-state index in [1.165, 1.54) is 21.8 Å². The molecule has 10 rings (SSSR count). The van der Waals surface area contributed by atoms with Crippen LogP contribution in [0.1, 0.15) is 100 Å². The molecule has 3 heterocycles. The normalized spacial score (nSPS) is 14.6. The van der Waals surface area contributed by atoms with Gasteiger partial charge in [0.1, 0.15) is 24.0 Å². The van der Waals surface area contributed by atoms with Gasteiger partial charge in [-0.25, -0.2) is 9.36 Å². The zero-order valence-corrected chi connectivity index (χ0v) is 38.7. The maximum atomic E-state index is 13.3. The molecule has 15 heteroatoms. The number of hydrogen-bond donors (Lipinski definition) is 4. The van der Waals surface area contributed by atoms with E-state index in [-0.39, 0.29) is 52.7 Å². The number of carbonyl (C=O) groups excluding carboxylic acids is 4. The zero-order chi connectivity index (χ0) is 48.0. The van der Waals surface area contributed by atoms with E-state index in [0.29, 0.717) is 51.5 Å². The Kier molecular flexibility index (Phi) is 13.8. The number of ether oxygens (including phenoxy) is 2. The van der Waals surface area contributed by atoms with Gasteiger partial charge >= 0.3 is 0 Å². The van der Waals surface area contributed by atoms with Crippen LogP contribution in [-0.4, -0.2) is 86.2 Å². The van der Waals surface area contributed by atoms with Gasteiger partial charge in [0.05, 0.1) is 48.1 Å². The van der Waals surface area contributed by atoms with Crippen LogP contribution in [0.15, 0.2) is 128 Å². The summed E-state index contributed by atoms with van der Waals surface area (Å²) < 4.78 is 14.3. The predicted molar refractivity (Wildman–Crippen MR) is 263 cm³/mol. The largest absolute Gasteiger partial charge is 0.489 e. The highest BCUT2D eigenvalue weighted by Crippen LogP contribution is 2.28. The van der Waals surface area contributed by atoms with E-state index in [0.717, 1.165) is 80.8 Å². The Labute approximate surface area is 400 Å². The first kappa shape index (κ1) is 46.2. The number of hydrogen-bond acceptors (Lipinski definition) is 11. The van der Waals surface area contributed by atoms with Crippen LogP contribution in [0, 0.1) is 13.8 Å². The smallest absolute Gasteiger partial charge is 0.251 e. The van der Waals surface area contributed by atoms with E-state index in [1.807, 2.05) is 80.6 Å². The molecule has 0 unspecified atom stereocenters. The maximum absolute atomic E-state index is 13.3. The summed E-state index contributed by atoms with van der Waals surface area (Å²) in [6.45, 7) is 8.25. The quantitative estimate of drug-likeness (QED) is 0.0759. The third-order valence-corrected chi connectivity index (χ3v) is 12.4. The number of carbonyl (C=O) groups is 4. The number of nitrogens with one attached hydrogen (secondary N) is 2. The van der Waals surface area contributed by atoms with Gasteiger partial charge in [0.25, 0.3) is 11.8 Å². The number of nitrogen functional groups attached to an aromatic ring is 2. The average molecular weight is 926 g/mol. The lowest BCUT2D eigenvalue weighted by Gasteiger charge is -2.26. The topological polar surface area (TPSA) is 202 Å². The van der Waals surface area contributed by atoms with Crippen molar-refractivity contribution in [3.63, 3.8) is 0 Å². The Morgan fingerprint density at radius 3 is 1.65 bits per heavy atom. The lowest BCUT2D eigenvalue weighted by molar-refractivity contribution is 0.0342. The molecule has 6 N–H and O–H groups in total. The van der Waals surface area contributed by atoms with Gasteiger partial charge in [-0.15, -0.1) is 0 Å². The van der Waals surface area contributed by atoms with Gasteiger partial charge in [-0.3, -0.25) is 24.1 Å². The van der Waals surface area contributed by atoms with Gasteiger partial charge in [0.15, 0.2) is 11.6 Å². The summed E-state index contributed by atoms with van der Waals surface area (Å²) in [4.78, 5) is 53.9. The molecular formula is C54H55N9O6. The standard InChI is InChI=1S/C28H26N4O3.C26H29N5O3/c1-18-10-11-21(28(34)31-22-12-13-22)15-25(18)32-27(29)24(16-30-32)26(33)20-8-5-9-23(14-20)35-17-19-6-3-2-4-7-19;1-17-5-6-20(26(33)29-21-7-8-21)14-23(17)31-25(27)22(15-28-31)24(32)19-4-2-3-18(13-19)16-30-9-11-34-12-10-30/h2-11,14-16,22H,12-13,17,29H2,1H3,(H,31,34);2-6,13-15,21H,7-12,16,27H2,1H3,(H,29,33). The number of rotatable bonds is 15. The summed E-state index contributed by atoms with van der Waals surface area (Å²) >= 11 is 0. The molecule has 2 aliphatic carbocycles. The fraction of sp³-hybridized carbons (Fsp3) is 0.259. The first-order valence-corrected chi connectivity index (χ1v) is 23.2. The molecule has 69 heavy (non-hydrogen) atoms. The molecule has 7 aromatic rings. The van der Waals surface area contributed by atoms with E-state index in [4.69, 9.17) is 20.9 Å². The second-order valence-electron chi connectivity index (χ2n) is 17.8. The fourth-order valence-electron chi connectivity index (χ4n) is 8.01. The first-order chi connectivity index (χ1) is 33.5. The second kappa shape index (κ2) is 20.6. The number of amides is 2. The van der Waals surface area contributed by atoms with Crippen molar-refractivity contribution in [1.29, 1.82) is 0 Å². The van der Waals surface area contributed by atoms with E-state index < -0.39 is 0 Å². The number of anilines is 2. The molecule has 3 aliphatic rings. The summed E-state index contributed by atoms with van der Waals surface area (Å²) in [7, 11) is 0. The van der Waals surface area contributed by atoms with Crippen molar-refractivity contribution < 1.29 is 28.7 Å². The van der Waals surface area contributed by atoms with Crippen molar-refractivity contribution in [2.24, 2.45) is 0 Å². The third kappa shape index (κ3) is 11.1. The maximum Gasteiger partial charge on any atom is 0.251 e. The van der Waals surface area contributed by atoms with Crippen LogP contribution in [-0.2, 0) is 17.9 Å². The molecule has 352 valence electrons. The van der Waals surface area contributed by atoms with Gasteiger partial charge in [-0.05, 0) is 104 Å². The second-order valence-corrected chi connectivity index (χ2v) is 17.8. The molecule has 1 saturated heterocycles. The summed E-state index contributed by atoms with van der Waals surface area (Å²) in [5.74, 6) is 0.411. The van der Waals surface area contributed by atoms with E-state index in [2.05, 4.69) is 25.7 Å². The minimum absolute atomic E-state index is 0.108. The zero-order valence-electron chi connectivity index (χ0n) is 38.7. The van der Waals surface area contributed by atoms with E-state index in [9.17, 15) is 19.2 Å². The van der Waals surface area contributed by atoms with Crippen molar-refractivity contribution in [3.8, 4) is 17.1 Å². The molecule has 2 saturated carbocycles. The van der Waals surface area contributed by atoms with Crippen molar-refractivity contribution in [1.82, 2.24) is 35.1 Å². The van der Waals surface area contributed by atoms with Gasteiger partial charge in [0, 0.05) is 54.0 Å². The number of benzene rings is 5. The minimum Gasteiger partial charge on any atom is -0.489 e. The Bertz CT molecular complexity index is 3020. The third-order valence-electron chi connectivity index (χ3n) is 12.4. The Balaban J connectivity index is 0.000000172. The monoisotopic (exact) mass is 925 g/mol. The Morgan fingerprint density at radius 2 is 1.12 bits per heavy atom. The number of morpholine rings is 1. The molecule has 2 amide bonds. The lowest BCUT2D eigenvalue weighted by atomic mass is 10.0. The number of aromatic nitrogens is 4. The fourth-order valence-corrected chi connectivity index (χ4v) is 8.01. The van der Waals surface area contributed by atoms with Gasteiger partial charge in [-0.2, -0.15) is 10.2 Å². The molecule has 15 nitrogen and oxygen atoms in total. The van der Waals surface area contributed by atoms with E-state index in [1.54, 1.807) is 48.5 Å². The van der Waals surface area contributed by atoms with Crippen LogP contribution < -0.4 is 26.8 Å². The summed E-state index contributed by atoms with van der Waals surface area (Å²) in [5, 5.41) is 14.8. The molecular weight excluding hydrogens is 871 g/mol. The lowest BCUT2D eigenvalue weighted by Crippen LogP contribution is -2.35. The van der Waals surface area contributed by atoms with Gasteiger partial charge in [-0.1, -0.05) is 72.8 Å². The van der Waals surface area contributed by atoms with Gasteiger partial charge in [0.2, 0.25) is 0 Å². The first-order valence-electron chi connectivity index (χ1n) is 23.2. The average Bonchev–Trinajstić information content (AvgIpc) is 4.30. The molecule has 0 bridgehead atoms. The number of nitrogens with two attached hydrogens (primary N) is 2. The summed E-state index contributed by atoms with van der Waals surface area (Å²) in [6, 6.07) is 35.9. The van der Waals surface area contributed by atoms with Crippen molar-refractivity contribution in [3.05, 3.63) is 183 Å². The summed E-state index contributed by atoms with van der Waals surface area (Å²) in [5.41, 5.74) is 20.8. The molecule has 5 aromatic carbocycles. The SMILES string of the molecule is Cc1ccc(C(=O)NC2CC2)cc1-n1ncc(C(=O)c2cccc(CN3CCOCC3)c2)c1N.Cc1ccc(C(=O)NC2CC2)cc1-n1ncc(C(=O)c2cccc(OCc3ccccc3)c2)c1N. The Hall–Kier alpha value is -7.88. The molecule has 1 aliphatic heterocycles. The Morgan fingerprint density at radius 1 is 0.609 bits per heavy atom. The molecule has 3 fully saturated rings. The van der Waals surface area contributed by atoms with Crippen molar-refractivity contribution in [2.75, 3.05) is 37.8 Å². The number of aryl methyl sites for hydroxylation is 2. The van der Waals surface area contributed by atoms with Crippen LogP contribution in [0.4, 0.5) is 11.6 Å². The van der Waals surface area contributed by atoms with Crippen LogP contribution in [0.3, 0.4) is 0 Å². The molecule has 2 aromatic heterocycles. The van der Waals surface area contributed by atoms with Crippen molar-refractivity contribution in [2.45, 2.75) is 64.8 Å². The highest BCUT2D eigenvalue weighted by Gasteiger charge is 2.27. The minimum atomic E-state index is -0.251. The molecule has 0 spiro atoms. The molecule has 0 radical (unpaired) electrons. The number of nitrogens with zero attached hydrogens (tertiary/aromatic N) is 5. The predicted octanol–water partition coefficient (Wildman–Crippen LogP) is 7.18. The highest BCUT2D eigenvalue weighted by atomic mass is 16.5.